The molecule has 1 heterocycles. The fourth-order valence-electron chi connectivity index (χ4n) is 3.36. The summed E-state index contributed by atoms with van der Waals surface area (Å²) in [6, 6.07) is -0.0588. The molecule has 4 amide bonds. The Bertz CT molecular complexity index is 517. The molecule has 0 radical (unpaired) electrons. The molecule has 2 rings (SSSR count). The minimum atomic E-state index is -0.446. The Morgan fingerprint density at radius 1 is 1.08 bits per heavy atom. The van der Waals surface area contributed by atoms with Gasteiger partial charge in [0.25, 0.3) is 0 Å². The first-order valence-electron chi connectivity index (χ1n) is 8.35. The summed E-state index contributed by atoms with van der Waals surface area (Å²) in [6.45, 7) is 0. The van der Waals surface area contributed by atoms with Gasteiger partial charge in [-0.2, -0.15) is 0 Å². The largest absolute Gasteiger partial charge is 0.359 e. The fraction of sp³-hybridized carbons (Fsp3) is 0.750. The van der Waals surface area contributed by atoms with Gasteiger partial charge >= 0.3 is 0 Å². The summed E-state index contributed by atoms with van der Waals surface area (Å²) in [7, 11) is 3.18. The summed E-state index contributed by atoms with van der Waals surface area (Å²) in [5.74, 6) is 0.110. The van der Waals surface area contributed by atoms with Gasteiger partial charge in [-0.3, -0.25) is 24.1 Å². The van der Waals surface area contributed by atoms with Crippen molar-refractivity contribution in [3.8, 4) is 0 Å². The highest BCUT2D eigenvalue weighted by Crippen LogP contribution is 2.34. The van der Waals surface area contributed by atoms with Gasteiger partial charge in [0, 0.05) is 33.0 Å². The topological polar surface area (TPSA) is 95.6 Å². The zero-order valence-electron chi connectivity index (χ0n) is 14.2. The van der Waals surface area contributed by atoms with Crippen molar-refractivity contribution < 1.29 is 19.2 Å². The summed E-state index contributed by atoms with van der Waals surface area (Å²) >= 11 is 1.23. The molecule has 2 fully saturated rings. The average Bonchev–Trinajstić information content (AvgIpc) is 2.87. The number of likely N-dealkylation sites (tertiary alicyclic amines) is 1. The lowest BCUT2D eigenvalue weighted by atomic mass is 9.83. The maximum Gasteiger partial charge on any atom is 0.243 e. The molecule has 0 spiro atoms. The van der Waals surface area contributed by atoms with E-state index in [0.717, 1.165) is 25.7 Å². The van der Waals surface area contributed by atoms with Crippen LogP contribution in [0.15, 0.2) is 0 Å². The van der Waals surface area contributed by atoms with Gasteiger partial charge in [0.15, 0.2) is 0 Å². The van der Waals surface area contributed by atoms with Crippen molar-refractivity contribution in [1.29, 1.82) is 0 Å². The van der Waals surface area contributed by atoms with Gasteiger partial charge in [0.05, 0.1) is 11.0 Å². The van der Waals surface area contributed by atoms with Gasteiger partial charge in [-0.15, -0.1) is 11.8 Å². The maximum absolute atomic E-state index is 12.5. The van der Waals surface area contributed by atoms with E-state index in [2.05, 4.69) is 10.6 Å². The van der Waals surface area contributed by atoms with Crippen LogP contribution in [0, 0.1) is 5.92 Å². The van der Waals surface area contributed by atoms with E-state index in [-0.39, 0.29) is 41.8 Å². The van der Waals surface area contributed by atoms with Crippen molar-refractivity contribution in [2.45, 2.75) is 49.8 Å². The number of nitrogens with one attached hydrogen (secondary N) is 2. The number of carbonyl (C=O) groups excluding carboxylic acids is 4. The monoisotopic (exact) mass is 355 g/mol. The number of hydrogen-bond acceptors (Lipinski definition) is 5. The Labute approximate surface area is 146 Å². The smallest absolute Gasteiger partial charge is 0.243 e. The van der Waals surface area contributed by atoms with Crippen LogP contribution in [-0.4, -0.2) is 59.7 Å². The number of nitrogens with zero attached hydrogens (tertiary/aromatic N) is 1. The third kappa shape index (κ3) is 4.49. The Hall–Kier alpha value is -1.57. The molecule has 134 valence electrons. The first-order chi connectivity index (χ1) is 11.5. The molecule has 0 bridgehead atoms. The molecule has 7 nitrogen and oxygen atoms in total. The third-order valence-electron chi connectivity index (χ3n) is 4.77. The van der Waals surface area contributed by atoms with E-state index in [1.807, 2.05) is 0 Å². The normalized spacial score (nSPS) is 27.2. The summed E-state index contributed by atoms with van der Waals surface area (Å²) in [6.07, 6.45) is 3.91. The van der Waals surface area contributed by atoms with Crippen molar-refractivity contribution in [1.82, 2.24) is 15.5 Å². The van der Waals surface area contributed by atoms with Crippen LogP contribution in [-0.2, 0) is 19.2 Å². The lowest BCUT2D eigenvalue weighted by Crippen LogP contribution is -2.43. The van der Waals surface area contributed by atoms with Crippen LogP contribution < -0.4 is 10.6 Å². The highest BCUT2D eigenvalue weighted by atomic mass is 32.2. The molecule has 1 unspecified atom stereocenters. The lowest BCUT2D eigenvalue weighted by molar-refractivity contribution is -0.142. The highest BCUT2D eigenvalue weighted by Gasteiger charge is 2.43. The number of hydrogen-bond donors (Lipinski definition) is 2. The molecule has 1 aliphatic heterocycles. The van der Waals surface area contributed by atoms with E-state index in [9.17, 15) is 19.2 Å². The van der Waals surface area contributed by atoms with Crippen LogP contribution in [0.4, 0.5) is 0 Å². The molecule has 0 aromatic carbocycles. The van der Waals surface area contributed by atoms with E-state index >= 15 is 0 Å². The van der Waals surface area contributed by atoms with E-state index < -0.39 is 5.25 Å². The van der Waals surface area contributed by atoms with Crippen LogP contribution in [0.5, 0.6) is 0 Å². The predicted molar refractivity (Wildman–Crippen MR) is 91.2 cm³/mol. The molecule has 24 heavy (non-hydrogen) atoms. The Kier molecular flexibility index (Phi) is 6.65. The minimum Gasteiger partial charge on any atom is -0.359 e. The van der Waals surface area contributed by atoms with Crippen LogP contribution in [0.1, 0.15) is 38.5 Å². The summed E-state index contributed by atoms with van der Waals surface area (Å²) in [5, 5.41) is 4.70. The second-order valence-electron chi connectivity index (χ2n) is 6.33. The molecule has 8 heteroatoms. The van der Waals surface area contributed by atoms with E-state index in [4.69, 9.17) is 0 Å². The maximum atomic E-state index is 12.5. The predicted octanol–water partition coefficient (Wildman–Crippen LogP) is 0.288. The van der Waals surface area contributed by atoms with Gasteiger partial charge in [0.1, 0.15) is 0 Å². The highest BCUT2D eigenvalue weighted by molar-refractivity contribution is 8.01. The first kappa shape index (κ1) is 18.8. The van der Waals surface area contributed by atoms with Crippen LogP contribution in [0.3, 0.4) is 0 Å². The van der Waals surface area contributed by atoms with Crippen molar-refractivity contribution in [2.24, 2.45) is 5.92 Å². The molecular formula is C16H25N3O4S. The first-order valence-corrected chi connectivity index (χ1v) is 9.39. The molecule has 1 saturated carbocycles. The quantitative estimate of drug-likeness (QED) is 0.668. The van der Waals surface area contributed by atoms with Gasteiger partial charge < -0.3 is 10.6 Å². The number of rotatable bonds is 6. The summed E-state index contributed by atoms with van der Waals surface area (Å²) in [5.41, 5.74) is 0. The lowest BCUT2D eigenvalue weighted by Gasteiger charge is -2.33. The second-order valence-corrected chi connectivity index (χ2v) is 7.52. The van der Waals surface area contributed by atoms with E-state index in [0.29, 0.717) is 12.3 Å². The van der Waals surface area contributed by atoms with Gasteiger partial charge in [-0.05, 0) is 31.6 Å². The van der Waals surface area contributed by atoms with Gasteiger partial charge in [0.2, 0.25) is 23.6 Å². The van der Waals surface area contributed by atoms with Gasteiger partial charge in [-0.25, -0.2) is 0 Å². The Balaban J connectivity index is 1.86. The number of thioether (sulfide) groups is 1. The molecule has 2 N–H and O–H groups in total. The SMILES string of the molecule is CNC(=O)CSC1CC(=O)N(C2CCC(CC(=O)NC)CC2)C1=O. The van der Waals surface area contributed by atoms with E-state index in [1.54, 1.807) is 14.1 Å². The summed E-state index contributed by atoms with van der Waals surface area (Å²) in [4.78, 5) is 48.9. The molecule has 1 atom stereocenters. The second kappa shape index (κ2) is 8.50. The molecule has 0 aromatic heterocycles. The number of carbonyl (C=O) groups is 4. The molecule has 1 saturated heterocycles. The standard InChI is InChI=1S/C16H25N3O4S/c1-17-13(20)7-10-3-5-11(6-4-10)19-15(22)8-12(16(19)23)24-9-14(21)18-2/h10-12H,3-9H2,1-2H3,(H,17,20)(H,18,21). The van der Waals surface area contributed by atoms with Crippen molar-refractivity contribution in [2.75, 3.05) is 19.8 Å². The molecule has 1 aliphatic carbocycles. The average molecular weight is 355 g/mol. The molecular weight excluding hydrogens is 330 g/mol. The van der Waals surface area contributed by atoms with E-state index in [1.165, 1.54) is 16.7 Å². The number of amides is 4. The van der Waals surface area contributed by atoms with Crippen molar-refractivity contribution in [3.05, 3.63) is 0 Å². The van der Waals surface area contributed by atoms with Crippen LogP contribution in [0.25, 0.3) is 0 Å². The van der Waals surface area contributed by atoms with Crippen molar-refractivity contribution in [3.63, 3.8) is 0 Å². The Morgan fingerprint density at radius 3 is 2.29 bits per heavy atom. The third-order valence-corrected chi connectivity index (χ3v) is 5.97. The van der Waals surface area contributed by atoms with Crippen LogP contribution >= 0.6 is 11.8 Å². The van der Waals surface area contributed by atoms with Crippen molar-refractivity contribution >= 4 is 35.4 Å². The number of imide groups is 1. The zero-order chi connectivity index (χ0) is 17.7. The van der Waals surface area contributed by atoms with Crippen LogP contribution in [0.2, 0.25) is 0 Å². The molecule has 0 aromatic rings. The summed E-state index contributed by atoms with van der Waals surface area (Å²) < 4.78 is 0. The Morgan fingerprint density at radius 2 is 1.71 bits per heavy atom. The zero-order valence-corrected chi connectivity index (χ0v) is 15.0. The minimum absolute atomic E-state index is 0.0393. The fourth-order valence-corrected chi connectivity index (χ4v) is 4.37. The molecule has 2 aliphatic rings. The van der Waals surface area contributed by atoms with Gasteiger partial charge in [-0.1, -0.05) is 0 Å².